The quantitative estimate of drug-likeness (QED) is 0.807. The Labute approximate surface area is 111 Å². The summed E-state index contributed by atoms with van der Waals surface area (Å²) in [7, 11) is 5.79. The predicted molar refractivity (Wildman–Crippen MR) is 74.8 cm³/mol. The van der Waals surface area contributed by atoms with Gasteiger partial charge >= 0.3 is 0 Å². The number of aromatic nitrogens is 2. The standard InChI is InChI=1S/C14H27N3O/c1-7-11-9-12(17(5)16-11)10-13(15-4)14(3,8-2)18-6/h9,13,15H,7-8,10H2,1-6H3. The number of ether oxygens (including phenoxy) is 1. The summed E-state index contributed by atoms with van der Waals surface area (Å²) >= 11 is 0. The van der Waals surface area contributed by atoms with E-state index >= 15 is 0 Å². The molecule has 0 saturated carbocycles. The van der Waals surface area contributed by atoms with Crippen molar-refractivity contribution in [3.63, 3.8) is 0 Å². The monoisotopic (exact) mass is 253 g/mol. The van der Waals surface area contributed by atoms with E-state index < -0.39 is 0 Å². The molecule has 0 saturated heterocycles. The fourth-order valence-electron chi connectivity index (χ4n) is 2.30. The Bertz CT molecular complexity index is 369. The molecular formula is C14H27N3O. The molecule has 1 heterocycles. The minimum Gasteiger partial charge on any atom is -0.377 e. The van der Waals surface area contributed by atoms with E-state index in [0.29, 0.717) is 0 Å². The van der Waals surface area contributed by atoms with Gasteiger partial charge in [0.05, 0.1) is 11.3 Å². The smallest absolute Gasteiger partial charge is 0.0804 e. The summed E-state index contributed by atoms with van der Waals surface area (Å²) in [6.07, 6.45) is 2.89. The fraction of sp³-hybridized carbons (Fsp3) is 0.786. The maximum Gasteiger partial charge on any atom is 0.0804 e. The van der Waals surface area contributed by atoms with Crippen LogP contribution in [0.5, 0.6) is 0 Å². The highest BCUT2D eigenvalue weighted by Gasteiger charge is 2.32. The minimum atomic E-state index is -0.147. The first-order valence-corrected chi connectivity index (χ1v) is 6.74. The molecule has 1 rings (SSSR count). The normalized spacial score (nSPS) is 16.6. The van der Waals surface area contributed by atoms with Crippen molar-refractivity contribution in [1.82, 2.24) is 15.1 Å². The van der Waals surface area contributed by atoms with Crippen molar-refractivity contribution in [2.24, 2.45) is 7.05 Å². The van der Waals surface area contributed by atoms with Gasteiger partial charge < -0.3 is 10.1 Å². The molecule has 2 unspecified atom stereocenters. The molecule has 104 valence electrons. The summed E-state index contributed by atoms with van der Waals surface area (Å²) < 4.78 is 7.67. The highest BCUT2D eigenvalue weighted by atomic mass is 16.5. The molecule has 1 aromatic heterocycles. The third-order valence-corrected chi connectivity index (χ3v) is 4.06. The molecule has 4 nitrogen and oxygen atoms in total. The van der Waals surface area contributed by atoms with Gasteiger partial charge in [-0.1, -0.05) is 13.8 Å². The zero-order valence-corrected chi connectivity index (χ0v) is 12.6. The van der Waals surface area contributed by atoms with Crippen LogP contribution in [0, 0.1) is 0 Å². The van der Waals surface area contributed by atoms with Gasteiger partial charge in [-0.25, -0.2) is 0 Å². The SMILES string of the molecule is CCc1cc(CC(NC)C(C)(CC)OC)n(C)n1. The van der Waals surface area contributed by atoms with Gasteiger partial charge in [-0.15, -0.1) is 0 Å². The van der Waals surface area contributed by atoms with E-state index in [0.717, 1.165) is 25.0 Å². The van der Waals surface area contributed by atoms with Crippen LogP contribution in [0.2, 0.25) is 0 Å². The second-order valence-electron chi connectivity index (χ2n) is 5.02. The van der Waals surface area contributed by atoms with E-state index in [9.17, 15) is 0 Å². The second-order valence-corrected chi connectivity index (χ2v) is 5.02. The van der Waals surface area contributed by atoms with E-state index in [-0.39, 0.29) is 11.6 Å². The summed E-state index contributed by atoms with van der Waals surface area (Å²) in [4.78, 5) is 0. The van der Waals surface area contributed by atoms with Crippen molar-refractivity contribution < 1.29 is 4.74 Å². The molecule has 2 atom stereocenters. The average Bonchev–Trinajstić information content (AvgIpc) is 2.75. The number of aryl methyl sites for hydroxylation is 2. The molecule has 0 bridgehead atoms. The van der Waals surface area contributed by atoms with Crippen LogP contribution in [0.4, 0.5) is 0 Å². The van der Waals surface area contributed by atoms with Gasteiger partial charge in [-0.2, -0.15) is 5.10 Å². The Hall–Kier alpha value is -0.870. The van der Waals surface area contributed by atoms with Crippen LogP contribution in [0.25, 0.3) is 0 Å². The first-order chi connectivity index (χ1) is 8.50. The van der Waals surface area contributed by atoms with Gasteiger partial charge in [0.1, 0.15) is 0 Å². The zero-order chi connectivity index (χ0) is 13.8. The molecule has 0 aliphatic carbocycles. The van der Waals surface area contributed by atoms with Crippen molar-refractivity contribution in [1.29, 1.82) is 0 Å². The lowest BCUT2D eigenvalue weighted by molar-refractivity contribution is -0.0272. The van der Waals surface area contributed by atoms with Crippen LogP contribution in [0.3, 0.4) is 0 Å². The van der Waals surface area contributed by atoms with E-state index in [1.54, 1.807) is 7.11 Å². The lowest BCUT2D eigenvalue weighted by Gasteiger charge is -2.35. The number of nitrogens with one attached hydrogen (secondary N) is 1. The number of nitrogens with zero attached hydrogens (tertiary/aromatic N) is 2. The first-order valence-electron chi connectivity index (χ1n) is 6.74. The molecular weight excluding hydrogens is 226 g/mol. The largest absolute Gasteiger partial charge is 0.377 e. The number of methoxy groups -OCH3 is 1. The van der Waals surface area contributed by atoms with Gasteiger partial charge in [-0.05, 0) is 32.9 Å². The molecule has 1 N–H and O–H groups in total. The van der Waals surface area contributed by atoms with Gasteiger partial charge in [0.15, 0.2) is 0 Å². The van der Waals surface area contributed by atoms with Crippen molar-refractivity contribution in [3.05, 3.63) is 17.5 Å². The van der Waals surface area contributed by atoms with Gasteiger partial charge in [0.25, 0.3) is 0 Å². The third kappa shape index (κ3) is 3.12. The number of hydrogen-bond donors (Lipinski definition) is 1. The van der Waals surface area contributed by atoms with E-state index in [2.05, 4.69) is 37.3 Å². The van der Waals surface area contributed by atoms with Crippen LogP contribution < -0.4 is 5.32 Å². The molecule has 1 aromatic rings. The van der Waals surface area contributed by atoms with Gasteiger partial charge in [0.2, 0.25) is 0 Å². The summed E-state index contributed by atoms with van der Waals surface area (Å²) in [6.45, 7) is 6.45. The zero-order valence-electron chi connectivity index (χ0n) is 12.6. The van der Waals surface area contributed by atoms with Crippen molar-refractivity contribution in [2.45, 2.75) is 51.7 Å². The Morgan fingerprint density at radius 2 is 2.17 bits per heavy atom. The van der Waals surface area contributed by atoms with Crippen LogP contribution in [0.15, 0.2) is 6.07 Å². The Morgan fingerprint density at radius 1 is 1.50 bits per heavy atom. The summed E-state index contributed by atoms with van der Waals surface area (Å²) in [6, 6.07) is 2.48. The molecule has 0 aliphatic heterocycles. The van der Waals surface area contributed by atoms with Crippen LogP contribution >= 0.6 is 0 Å². The molecule has 0 aliphatic rings. The summed E-state index contributed by atoms with van der Waals surface area (Å²) in [5.74, 6) is 0. The highest BCUT2D eigenvalue weighted by molar-refractivity contribution is 5.13. The molecule has 0 aromatic carbocycles. The lowest BCUT2D eigenvalue weighted by atomic mass is 9.89. The second kappa shape index (κ2) is 6.34. The predicted octanol–water partition coefficient (Wildman–Crippen LogP) is 1.93. The van der Waals surface area contributed by atoms with Crippen LogP contribution in [-0.2, 0) is 24.6 Å². The molecule has 0 amide bonds. The highest BCUT2D eigenvalue weighted by Crippen LogP contribution is 2.22. The average molecular weight is 253 g/mol. The molecule has 18 heavy (non-hydrogen) atoms. The Balaban J connectivity index is 2.88. The Kier molecular flexibility index (Phi) is 5.35. The topological polar surface area (TPSA) is 39.1 Å². The lowest BCUT2D eigenvalue weighted by Crippen LogP contribution is -2.50. The summed E-state index contributed by atoms with van der Waals surface area (Å²) in [5.41, 5.74) is 2.26. The van der Waals surface area contributed by atoms with Crippen LogP contribution in [-0.4, -0.2) is 35.6 Å². The number of likely N-dealkylation sites (N-methyl/N-ethyl adjacent to an activating group) is 1. The Morgan fingerprint density at radius 3 is 2.56 bits per heavy atom. The van der Waals surface area contributed by atoms with E-state index in [1.807, 2.05) is 18.8 Å². The van der Waals surface area contributed by atoms with E-state index in [4.69, 9.17) is 4.74 Å². The van der Waals surface area contributed by atoms with Gasteiger partial charge in [0, 0.05) is 32.3 Å². The third-order valence-electron chi connectivity index (χ3n) is 4.06. The maximum atomic E-state index is 5.69. The number of rotatable bonds is 7. The first kappa shape index (κ1) is 15.2. The van der Waals surface area contributed by atoms with Crippen LogP contribution in [0.1, 0.15) is 38.6 Å². The summed E-state index contributed by atoms with van der Waals surface area (Å²) in [5, 5.41) is 7.88. The maximum absolute atomic E-state index is 5.69. The van der Waals surface area contributed by atoms with Crippen molar-refractivity contribution in [3.8, 4) is 0 Å². The molecule has 0 spiro atoms. The fourth-order valence-corrected chi connectivity index (χ4v) is 2.30. The van der Waals surface area contributed by atoms with Gasteiger partial charge in [-0.3, -0.25) is 4.68 Å². The molecule has 4 heteroatoms. The van der Waals surface area contributed by atoms with Crippen molar-refractivity contribution >= 4 is 0 Å². The molecule has 0 radical (unpaired) electrons. The minimum absolute atomic E-state index is 0.147. The van der Waals surface area contributed by atoms with E-state index in [1.165, 1.54) is 5.69 Å². The van der Waals surface area contributed by atoms with Crippen molar-refractivity contribution in [2.75, 3.05) is 14.2 Å². The molecule has 0 fully saturated rings. The number of hydrogen-bond acceptors (Lipinski definition) is 3.